The summed E-state index contributed by atoms with van der Waals surface area (Å²) in [6.07, 6.45) is 10.2. The van der Waals surface area contributed by atoms with Crippen molar-refractivity contribution in [1.29, 1.82) is 0 Å². The number of hydrogen-bond donors (Lipinski definition) is 2. The molecule has 1 heterocycles. The maximum Gasteiger partial charge on any atom is 0.0592 e. The highest BCUT2D eigenvalue weighted by atomic mass is 16.3. The standard InChI is InChI=1S/C13H27NO/c1-2-3-4-5-6-7-8-12-11-14-10-9-13(12)15/h12-15H,2-11H2,1H3. The van der Waals surface area contributed by atoms with Gasteiger partial charge in [0.15, 0.2) is 0 Å². The summed E-state index contributed by atoms with van der Waals surface area (Å²) >= 11 is 0. The third-order valence-electron chi connectivity index (χ3n) is 3.50. The van der Waals surface area contributed by atoms with Crippen LogP contribution < -0.4 is 5.32 Å². The van der Waals surface area contributed by atoms with E-state index in [2.05, 4.69) is 12.2 Å². The number of aliphatic hydroxyl groups excluding tert-OH is 1. The molecule has 0 amide bonds. The minimum absolute atomic E-state index is 0.0399. The molecule has 2 nitrogen and oxygen atoms in total. The van der Waals surface area contributed by atoms with Gasteiger partial charge in [0.2, 0.25) is 0 Å². The average molecular weight is 213 g/mol. The Morgan fingerprint density at radius 2 is 1.87 bits per heavy atom. The number of rotatable bonds is 7. The summed E-state index contributed by atoms with van der Waals surface area (Å²) in [5.74, 6) is 0.518. The van der Waals surface area contributed by atoms with Crippen LogP contribution in [0.4, 0.5) is 0 Å². The van der Waals surface area contributed by atoms with Crippen molar-refractivity contribution in [2.75, 3.05) is 13.1 Å². The molecule has 0 saturated carbocycles. The maximum atomic E-state index is 9.77. The zero-order valence-corrected chi connectivity index (χ0v) is 10.2. The summed E-state index contributed by atoms with van der Waals surface area (Å²) in [7, 11) is 0. The number of piperidine rings is 1. The fourth-order valence-electron chi connectivity index (χ4n) is 2.39. The summed E-state index contributed by atoms with van der Waals surface area (Å²) in [6, 6.07) is 0. The highest BCUT2D eigenvalue weighted by Crippen LogP contribution is 2.19. The lowest BCUT2D eigenvalue weighted by molar-refractivity contribution is 0.0731. The molecule has 0 aliphatic carbocycles. The van der Waals surface area contributed by atoms with Crippen molar-refractivity contribution in [3.63, 3.8) is 0 Å². The molecule has 2 unspecified atom stereocenters. The van der Waals surface area contributed by atoms with Crippen LogP contribution in [-0.2, 0) is 0 Å². The fraction of sp³-hybridized carbons (Fsp3) is 1.00. The monoisotopic (exact) mass is 213 g/mol. The van der Waals surface area contributed by atoms with Gasteiger partial charge in [-0.25, -0.2) is 0 Å². The molecule has 1 fully saturated rings. The van der Waals surface area contributed by atoms with Crippen molar-refractivity contribution in [3.8, 4) is 0 Å². The molecule has 2 N–H and O–H groups in total. The van der Waals surface area contributed by atoms with E-state index in [0.29, 0.717) is 5.92 Å². The Balaban J connectivity index is 1.94. The SMILES string of the molecule is CCCCCCCCC1CNCCC1O. The lowest BCUT2D eigenvalue weighted by Gasteiger charge is -2.28. The maximum absolute atomic E-state index is 9.77. The van der Waals surface area contributed by atoms with Crippen LogP contribution in [0.25, 0.3) is 0 Å². The van der Waals surface area contributed by atoms with Gasteiger partial charge in [0, 0.05) is 6.54 Å². The van der Waals surface area contributed by atoms with Crippen LogP contribution in [-0.4, -0.2) is 24.3 Å². The van der Waals surface area contributed by atoms with Gasteiger partial charge in [0.25, 0.3) is 0 Å². The Labute approximate surface area is 94.5 Å². The van der Waals surface area contributed by atoms with E-state index in [1.807, 2.05) is 0 Å². The summed E-state index contributed by atoms with van der Waals surface area (Å²) in [5, 5.41) is 13.1. The van der Waals surface area contributed by atoms with Crippen LogP contribution in [0, 0.1) is 5.92 Å². The van der Waals surface area contributed by atoms with E-state index in [1.54, 1.807) is 0 Å². The second-order valence-electron chi connectivity index (χ2n) is 4.88. The summed E-state index contributed by atoms with van der Waals surface area (Å²) < 4.78 is 0. The van der Waals surface area contributed by atoms with Gasteiger partial charge in [-0.2, -0.15) is 0 Å². The Kier molecular flexibility index (Phi) is 7.03. The van der Waals surface area contributed by atoms with Gasteiger partial charge in [-0.05, 0) is 25.3 Å². The number of aliphatic hydroxyl groups is 1. The molecule has 0 aromatic rings. The highest BCUT2D eigenvalue weighted by molar-refractivity contribution is 4.76. The Bertz CT molecular complexity index is 149. The normalized spacial score (nSPS) is 26.8. The van der Waals surface area contributed by atoms with Gasteiger partial charge >= 0.3 is 0 Å². The van der Waals surface area contributed by atoms with Crippen LogP contribution >= 0.6 is 0 Å². The zero-order valence-electron chi connectivity index (χ0n) is 10.2. The van der Waals surface area contributed by atoms with Crippen molar-refractivity contribution >= 4 is 0 Å². The third-order valence-corrected chi connectivity index (χ3v) is 3.50. The minimum Gasteiger partial charge on any atom is -0.393 e. The summed E-state index contributed by atoms with van der Waals surface area (Å²) in [4.78, 5) is 0. The summed E-state index contributed by atoms with van der Waals surface area (Å²) in [6.45, 7) is 4.27. The number of hydrogen-bond acceptors (Lipinski definition) is 2. The van der Waals surface area contributed by atoms with Crippen molar-refractivity contribution in [2.24, 2.45) is 5.92 Å². The van der Waals surface area contributed by atoms with Gasteiger partial charge in [-0.15, -0.1) is 0 Å². The smallest absolute Gasteiger partial charge is 0.0592 e. The van der Waals surface area contributed by atoms with Gasteiger partial charge < -0.3 is 10.4 Å². The Hall–Kier alpha value is -0.0800. The first-order valence-electron chi connectivity index (χ1n) is 6.73. The first-order valence-corrected chi connectivity index (χ1v) is 6.73. The van der Waals surface area contributed by atoms with Crippen molar-refractivity contribution in [3.05, 3.63) is 0 Å². The summed E-state index contributed by atoms with van der Waals surface area (Å²) in [5.41, 5.74) is 0. The number of nitrogens with one attached hydrogen (secondary N) is 1. The average Bonchev–Trinajstić information content (AvgIpc) is 2.25. The van der Waals surface area contributed by atoms with E-state index < -0.39 is 0 Å². The van der Waals surface area contributed by atoms with Crippen LogP contribution in [0.15, 0.2) is 0 Å². The lowest BCUT2D eigenvalue weighted by atomic mass is 9.90. The molecule has 1 saturated heterocycles. The molecule has 0 aromatic carbocycles. The van der Waals surface area contributed by atoms with Gasteiger partial charge in [0.05, 0.1) is 6.10 Å². The second kappa shape index (κ2) is 8.12. The minimum atomic E-state index is -0.0399. The molecular weight excluding hydrogens is 186 g/mol. The third kappa shape index (κ3) is 5.53. The van der Waals surface area contributed by atoms with Crippen molar-refractivity contribution in [2.45, 2.75) is 64.4 Å². The van der Waals surface area contributed by atoms with E-state index in [9.17, 15) is 5.11 Å². The quantitative estimate of drug-likeness (QED) is 0.637. The molecule has 0 bridgehead atoms. The van der Waals surface area contributed by atoms with E-state index in [4.69, 9.17) is 0 Å². The predicted molar refractivity (Wildman–Crippen MR) is 65.0 cm³/mol. The molecule has 0 radical (unpaired) electrons. The van der Waals surface area contributed by atoms with Gasteiger partial charge in [-0.1, -0.05) is 45.4 Å². The molecule has 90 valence electrons. The Morgan fingerprint density at radius 3 is 2.60 bits per heavy atom. The Morgan fingerprint density at radius 1 is 1.13 bits per heavy atom. The highest BCUT2D eigenvalue weighted by Gasteiger charge is 2.21. The van der Waals surface area contributed by atoms with E-state index in [1.165, 1.54) is 44.9 Å². The van der Waals surface area contributed by atoms with Crippen LogP contribution in [0.3, 0.4) is 0 Å². The van der Waals surface area contributed by atoms with Crippen molar-refractivity contribution in [1.82, 2.24) is 5.32 Å². The first kappa shape index (κ1) is 13.0. The molecule has 0 aromatic heterocycles. The molecular formula is C13H27NO. The first-order chi connectivity index (χ1) is 7.34. The van der Waals surface area contributed by atoms with Crippen LogP contribution in [0.1, 0.15) is 58.3 Å². The molecule has 1 aliphatic heterocycles. The van der Waals surface area contributed by atoms with E-state index >= 15 is 0 Å². The van der Waals surface area contributed by atoms with E-state index in [0.717, 1.165) is 19.5 Å². The topological polar surface area (TPSA) is 32.3 Å². The predicted octanol–water partition coefficient (Wildman–Crippen LogP) is 2.71. The zero-order chi connectivity index (χ0) is 10.9. The molecule has 2 atom stereocenters. The van der Waals surface area contributed by atoms with Gasteiger partial charge in [-0.3, -0.25) is 0 Å². The molecule has 1 aliphatic rings. The fourth-order valence-corrected chi connectivity index (χ4v) is 2.39. The van der Waals surface area contributed by atoms with Crippen LogP contribution in [0.2, 0.25) is 0 Å². The van der Waals surface area contributed by atoms with Gasteiger partial charge in [0.1, 0.15) is 0 Å². The molecule has 15 heavy (non-hydrogen) atoms. The van der Waals surface area contributed by atoms with Crippen molar-refractivity contribution < 1.29 is 5.11 Å². The molecule has 0 spiro atoms. The van der Waals surface area contributed by atoms with Crippen LogP contribution in [0.5, 0.6) is 0 Å². The molecule has 1 rings (SSSR count). The molecule has 2 heteroatoms. The second-order valence-corrected chi connectivity index (χ2v) is 4.88. The largest absolute Gasteiger partial charge is 0.393 e. The lowest BCUT2D eigenvalue weighted by Crippen LogP contribution is -2.39. The van der Waals surface area contributed by atoms with E-state index in [-0.39, 0.29) is 6.10 Å². The number of unbranched alkanes of at least 4 members (excludes halogenated alkanes) is 5.